The normalized spacial score (nSPS) is 11.3. The zero-order valence-corrected chi connectivity index (χ0v) is 34.5. The monoisotopic (exact) mass is 721 g/mol. The second kappa shape index (κ2) is 33.2. The predicted octanol–water partition coefficient (Wildman–Crippen LogP) is 15.8. The van der Waals surface area contributed by atoms with E-state index in [1.165, 1.54) is 193 Å². The first-order valence-electron chi connectivity index (χ1n) is 22.7. The Morgan fingerprint density at radius 1 is 0.385 bits per heavy atom. The van der Waals surface area contributed by atoms with Crippen molar-refractivity contribution >= 4 is 11.4 Å². The summed E-state index contributed by atoms with van der Waals surface area (Å²) in [6, 6.07) is 11.9. The molecular formula is C48H84N2O2. The molecule has 0 radical (unpaired) electrons. The van der Waals surface area contributed by atoms with Crippen LogP contribution in [-0.4, -0.2) is 13.2 Å². The Labute approximate surface area is 323 Å². The molecule has 0 aliphatic heterocycles. The molecule has 0 bridgehead atoms. The molecule has 4 N–H and O–H groups in total. The van der Waals surface area contributed by atoms with Gasteiger partial charge in [-0.25, -0.2) is 0 Å². The Bertz CT molecular complexity index is 1090. The molecule has 4 nitrogen and oxygen atoms in total. The third kappa shape index (κ3) is 24.1. The molecule has 2 aromatic carbocycles. The minimum Gasteiger partial charge on any atom is -0.490 e. The number of rotatable bonds is 37. The lowest BCUT2D eigenvalue weighted by Crippen LogP contribution is -2.05. The lowest BCUT2D eigenvalue weighted by molar-refractivity contribution is 0.259. The number of unbranched alkanes of at least 4 members (excludes halogenated alkanes) is 30. The molecule has 0 spiro atoms. The number of nitrogens with two attached hydrogens (primary N) is 2. The van der Waals surface area contributed by atoms with Crippen LogP contribution >= 0.6 is 0 Å². The molecular weight excluding hydrogens is 637 g/mol. The van der Waals surface area contributed by atoms with Gasteiger partial charge in [-0.15, -0.1) is 0 Å². The maximum absolute atomic E-state index is 6.50. The largest absolute Gasteiger partial charge is 0.490 e. The third-order valence-electron chi connectivity index (χ3n) is 10.8. The highest BCUT2D eigenvalue weighted by molar-refractivity contribution is 5.79. The summed E-state index contributed by atoms with van der Waals surface area (Å²) < 4.78 is 12.9. The number of anilines is 2. The second-order valence-corrected chi connectivity index (χ2v) is 15.8. The highest BCUT2D eigenvalue weighted by Crippen LogP contribution is 2.41. The summed E-state index contributed by atoms with van der Waals surface area (Å²) in [5, 5.41) is 0. The van der Waals surface area contributed by atoms with Crippen LogP contribution in [0.4, 0.5) is 11.4 Å². The zero-order chi connectivity index (χ0) is 37.2. The molecule has 0 unspecified atom stereocenters. The molecule has 0 saturated carbocycles. The van der Waals surface area contributed by atoms with E-state index in [-0.39, 0.29) is 0 Å². The second-order valence-electron chi connectivity index (χ2n) is 15.8. The summed E-state index contributed by atoms with van der Waals surface area (Å²) in [4.78, 5) is 0. The topological polar surface area (TPSA) is 70.5 Å². The Kier molecular flexibility index (Phi) is 29.3. The van der Waals surface area contributed by atoms with Gasteiger partial charge in [-0.2, -0.15) is 0 Å². The van der Waals surface area contributed by atoms with Crippen LogP contribution in [0.3, 0.4) is 0 Å². The number of nitrogen functional groups attached to an aromatic ring is 2. The molecule has 0 heterocycles. The minimum atomic E-state index is 0.688. The van der Waals surface area contributed by atoms with Crippen LogP contribution in [-0.2, 0) is 0 Å². The number of hydrogen-bond donors (Lipinski definition) is 2. The average Bonchev–Trinajstić information content (AvgIpc) is 3.14. The molecule has 0 aliphatic carbocycles. The van der Waals surface area contributed by atoms with Crippen molar-refractivity contribution in [3.63, 3.8) is 0 Å². The van der Waals surface area contributed by atoms with Crippen molar-refractivity contribution in [1.82, 2.24) is 0 Å². The number of hydrogen-bond acceptors (Lipinski definition) is 4. The molecule has 2 rings (SSSR count). The summed E-state index contributed by atoms with van der Waals surface area (Å²) in [6.45, 7) is 5.97. The first kappa shape index (κ1) is 45.8. The smallest absolute Gasteiger partial charge is 0.169 e. The van der Waals surface area contributed by atoms with Crippen LogP contribution < -0.4 is 20.9 Å². The fourth-order valence-electron chi connectivity index (χ4n) is 7.46. The van der Waals surface area contributed by atoms with E-state index in [9.17, 15) is 0 Å². The van der Waals surface area contributed by atoms with Crippen LogP contribution in [0.5, 0.6) is 11.5 Å². The molecule has 0 aromatic heterocycles. The van der Waals surface area contributed by atoms with Crippen LogP contribution in [0.15, 0.2) is 36.4 Å². The van der Waals surface area contributed by atoms with E-state index in [0.717, 1.165) is 41.2 Å². The highest BCUT2D eigenvalue weighted by Gasteiger charge is 2.16. The van der Waals surface area contributed by atoms with Gasteiger partial charge in [0.1, 0.15) is 0 Å². The van der Waals surface area contributed by atoms with E-state index in [0.29, 0.717) is 18.9 Å². The van der Waals surface area contributed by atoms with Gasteiger partial charge in [0.2, 0.25) is 0 Å². The molecule has 0 aliphatic rings. The molecule has 0 atom stereocenters. The van der Waals surface area contributed by atoms with Crippen molar-refractivity contribution in [3.05, 3.63) is 36.4 Å². The van der Waals surface area contributed by atoms with Crippen molar-refractivity contribution in [2.45, 2.75) is 219 Å². The van der Waals surface area contributed by atoms with Crippen LogP contribution in [0.2, 0.25) is 0 Å². The summed E-state index contributed by atoms with van der Waals surface area (Å²) in [7, 11) is 0. The molecule has 0 fully saturated rings. The van der Waals surface area contributed by atoms with E-state index in [2.05, 4.69) is 19.9 Å². The fraction of sp³-hybridized carbons (Fsp3) is 0.750. The molecule has 0 amide bonds. The van der Waals surface area contributed by atoms with Gasteiger partial charge in [0.15, 0.2) is 11.5 Å². The molecule has 2 aromatic rings. The van der Waals surface area contributed by atoms with Gasteiger partial charge in [-0.3, -0.25) is 0 Å². The van der Waals surface area contributed by atoms with Gasteiger partial charge in [-0.1, -0.05) is 219 Å². The summed E-state index contributed by atoms with van der Waals surface area (Å²) in [6.07, 6.45) is 43.7. The van der Waals surface area contributed by atoms with Gasteiger partial charge < -0.3 is 20.9 Å². The van der Waals surface area contributed by atoms with Gasteiger partial charge in [-0.05, 0) is 36.6 Å². The van der Waals surface area contributed by atoms with Crippen molar-refractivity contribution in [2.24, 2.45) is 0 Å². The van der Waals surface area contributed by atoms with Crippen molar-refractivity contribution < 1.29 is 9.47 Å². The Balaban J connectivity index is 1.62. The van der Waals surface area contributed by atoms with Crippen molar-refractivity contribution in [1.29, 1.82) is 0 Å². The number of ether oxygens (including phenoxy) is 2. The number of benzene rings is 2. The Morgan fingerprint density at radius 2 is 0.750 bits per heavy atom. The standard InChI is InChI=1S/C48H84N2O2/c1-3-5-7-9-11-13-15-17-19-21-23-25-27-29-31-33-38-51-47-42-45(50)41-46(43-36-35-37-44(49)40-43)48(47)52-39-34-32-30-28-26-24-22-20-18-16-14-12-10-8-6-4-2/h35-37,40-42H,3-34,38-39,49-50H2,1-2H3. The fourth-order valence-corrected chi connectivity index (χ4v) is 7.46. The lowest BCUT2D eigenvalue weighted by Gasteiger charge is -2.18. The molecule has 0 saturated heterocycles. The van der Waals surface area contributed by atoms with Gasteiger partial charge in [0, 0.05) is 23.0 Å². The maximum Gasteiger partial charge on any atom is 0.169 e. The van der Waals surface area contributed by atoms with E-state index < -0.39 is 0 Å². The van der Waals surface area contributed by atoms with Crippen LogP contribution in [0.1, 0.15) is 219 Å². The summed E-state index contributed by atoms with van der Waals surface area (Å²) in [5.74, 6) is 1.56. The summed E-state index contributed by atoms with van der Waals surface area (Å²) in [5.41, 5.74) is 16.0. The van der Waals surface area contributed by atoms with Gasteiger partial charge in [0.05, 0.1) is 13.2 Å². The average molecular weight is 721 g/mol. The SMILES string of the molecule is CCCCCCCCCCCCCCCCCCOc1cc(N)cc(-c2cccc(N)c2)c1OCCCCCCCCCCCCCCCCCC. The zero-order valence-electron chi connectivity index (χ0n) is 34.5. The molecule has 4 heteroatoms. The van der Waals surface area contributed by atoms with Crippen LogP contribution in [0.25, 0.3) is 11.1 Å². The minimum absolute atomic E-state index is 0.688. The van der Waals surface area contributed by atoms with E-state index in [1.807, 2.05) is 30.3 Å². The van der Waals surface area contributed by atoms with E-state index in [1.54, 1.807) is 0 Å². The quantitative estimate of drug-likeness (QED) is 0.0538. The van der Waals surface area contributed by atoms with Gasteiger partial charge >= 0.3 is 0 Å². The third-order valence-corrected chi connectivity index (χ3v) is 10.8. The Morgan fingerprint density at radius 3 is 1.13 bits per heavy atom. The first-order chi connectivity index (χ1) is 25.7. The van der Waals surface area contributed by atoms with Crippen molar-refractivity contribution in [3.8, 4) is 22.6 Å². The first-order valence-corrected chi connectivity index (χ1v) is 22.7. The van der Waals surface area contributed by atoms with E-state index >= 15 is 0 Å². The Hall–Kier alpha value is -2.36. The van der Waals surface area contributed by atoms with E-state index in [4.69, 9.17) is 20.9 Å². The predicted molar refractivity (Wildman–Crippen MR) is 231 cm³/mol. The summed E-state index contributed by atoms with van der Waals surface area (Å²) >= 11 is 0. The van der Waals surface area contributed by atoms with Crippen LogP contribution in [0, 0.1) is 0 Å². The highest BCUT2D eigenvalue weighted by atomic mass is 16.5. The van der Waals surface area contributed by atoms with Crippen molar-refractivity contribution in [2.75, 3.05) is 24.7 Å². The lowest BCUT2D eigenvalue weighted by atomic mass is 10.0. The maximum atomic E-state index is 6.50. The van der Waals surface area contributed by atoms with Gasteiger partial charge in [0.25, 0.3) is 0 Å². The molecule has 298 valence electrons. The molecule has 52 heavy (non-hydrogen) atoms.